The summed E-state index contributed by atoms with van der Waals surface area (Å²) in [5, 5.41) is 0. The SMILES string of the molecule is CS(=O)(=O)OCC1C=C(c2ccc(-c3ccncc3)cc2)NO1. The predicted molar refractivity (Wildman–Crippen MR) is 86.5 cm³/mol. The molecule has 1 atom stereocenters. The van der Waals surface area contributed by atoms with E-state index in [9.17, 15) is 8.42 Å². The van der Waals surface area contributed by atoms with E-state index in [1.165, 1.54) is 0 Å². The van der Waals surface area contributed by atoms with Crippen molar-refractivity contribution in [2.75, 3.05) is 12.9 Å². The number of hydroxylamine groups is 1. The minimum atomic E-state index is -3.47. The molecule has 23 heavy (non-hydrogen) atoms. The monoisotopic (exact) mass is 332 g/mol. The van der Waals surface area contributed by atoms with Gasteiger partial charge in [-0.05, 0) is 34.9 Å². The Morgan fingerprint density at radius 3 is 2.35 bits per heavy atom. The average molecular weight is 332 g/mol. The highest BCUT2D eigenvalue weighted by Gasteiger charge is 2.19. The first-order chi connectivity index (χ1) is 11.0. The van der Waals surface area contributed by atoms with Crippen LogP contribution in [0.15, 0.2) is 54.9 Å². The number of hydrogen-bond acceptors (Lipinski definition) is 6. The summed E-state index contributed by atoms with van der Waals surface area (Å²) >= 11 is 0. The van der Waals surface area contributed by atoms with Gasteiger partial charge in [-0.3, -0.25) is 19.5 Å². The zero-order valence-corrected chi connectivity index (χ0v) is 13.3. The summed E-state index contributed by atoms with van der Waals surface area (Å²) in [6.07, 6.45) is 5.87. The molecular formula is C16H16N2O4S. The Morgan fingerprint density at radius 1 is 1.09 bits per heavy atom. The molecule has 120 valence electrons. The van der Waals surface area contributed by atoms with E-state index < -0.39 is 16.2 Å². The molecule has 1 aromatic heterocycles. The molecule has 7 heteroatoms. The molecule has 1 N–H and O–H groups in total. The third-order valence-corrected chi connectivity index (χ3v) is 3.89. The maximum absolute atomic E-state index is 11.0. The third-order valence-electron chi connectivity index (χ3n) is 3.33. The zero-order valence-electron chi connectivity index (χ0n) is 12.5. The average Bonchev–Trinajstić information content (AvgIpc) is 3.02. The number of aromatic nitrogens is 1. The van der Waals surface area contributed by atoms with Gasteiger partial charge in [-0.1, -0.05) is 24.3 Å². The van der Waals surface area contributed by atoms with Crippen molar-refractivity contribution >= 4 is 15.8 Å². The molecule has 1 aromatic carbocycles. The second kappa shape index (κ2) is 6.49. The maximum Gasteiger partial charge on any atom is 0.264 e. The van der Waals surface area contributed by atoms with Crippen LogP contribution in [0.5, 0.6) is 0 Å². The van der Waals surface area contributed by atoms with E-state index in [1.807, 2.05) is 36.4 Å². The highest BCUT2D eigenvalue weighted by atomic mass is 32.2. The minimum Gasteiger partial charge on any atom is -0.267 e. The summed E-state index contributed by atoms with van der Waals surface area (Å²) in [5.74, 6) is 0. The summed E-state index contributed by atoms with van der Waals surface area (Å²) in [5.41, 5.74) is 6.71. The lowest BCUT2D eigenvalue weighted by Gasteiger charge is -2.07. The van der Waals surface area contributed by atoms with E-state index in [2.05, 4.69) is 10.5 Å². The lowest BCUT2D eigenvalue weighted by atomic mass is 10.0. The van der Waals surface area contributed by atoms with Gasteiger partial charge in [0, 0.05) is 12.4 Å². The fourth-order valence-electron chi connectivity index (χ4n) is 2.21. The van der Waals surface area contributed by atoms with Gasteiger partial charge < -0.3 is 0 Å². The molecule has 0 amide bonds. The Morgan fingerprint density at radius 2 is 1.70 bits per heavy atom. The van der Waals surface area contributed by atoms with Crippen LogP contribution in [0.4, 0.5) is 0 Å². The highest BCUT2D eigenvalue weighted by molar-refractivity contribution is 7.85. The summed E-state index contributed by atoms with van der Waals surface area (Å²) < 4.78 is 26.7. The summed E-state index contributed by atoms with van der Waals surface area (Å²) in [7, 11) is -3.47. The molecule has 2 heterocycles. The first-order valence-electron chi connectivity index (χ1n) is 7.00. The van der Waals surface area contributed by atoms with Crippen LogP contribution in [0.3, 0.4) is 0 Å². The van der Waals surface area contributed by atoms with Gasteiger partial charge in [0.25, 0.3) is 10.1 Å². The first kappa shape index (κ1) is 15.7. The van der Waals surface area contributed by atoms with Crippen molar-refractivity contribution in [1.82, 2.24) is 10.5 Å². The lowest BCUT2D eigenvalue weighted by Crippen LogP contribution is -2.19. The van der Waals surface area contributed by atoms with Gasteiger partial charge in [0.1, 0.15) is 6.10 Å². The fraction of sp³-hybridized carbons (Fsp3) is 0.188. The standard InChI is InChI=1S/C16H16N2O4S/c1-23(19,20)21-11-15-10-16(18-22-15)14-4-2-12(3-5-14)13-6-8-17-9-7-13/h2-10,15,18H,11H2,1H3. The topological polar surface area (TPSA) is 77.5 Å². The Labute approximate surface area is 134 Å². The zero-order chi connectivity index (χ0) is 16.3. The van der Waals surface area contributed by atoms with Crippen LogP contribution in [0.2, 0.25) is 0 Å². The molecule has 6 nitrogen and oxygen atoms in total. The molecular weight excluding hydrogens is 316 g/mol. The number of nitrogens with one attached hydrogen (secondary N) is 1. The number of rotatable bonds is 5. The van der Waals surface area contributed by atoms with Crippen molar-refractivity contribution < 1.29 is 17.4 Å². The molecule has 0 fully saturated rings. The third kappa shape index (κ3) is 4.16. The van der Waals surface area contributed by atoms with E-state index in [-0.39, 0.29) is 6.61 Å². The van der Waals surface area contributed by atoms with Crippen LogP contribution in [0, 0.1) is 0 Å². The van der Waals surface area contributed by atoms with Crippen molar-refractivity contribution in [1.29, 1.82) is 0 Å². The van der Waals surface area contributed by atoms with Crippen molar-refractivity contribution in [3.05, 3.63) is 60.4 Å². The molecule has 0 aliphatic carbocycles. The molecule has 1 aliphatic heterocycles. The smallest absolute Gasteiger partial charge is 0.264 e. The molecule has 0 saturated carbocycles. The van der Waals surface area contributed by atoms with Gasteiger partial charge >= 0.3 is 0 Å². The van der Waals surface area contributed by atoms with Crippen molar-refractivity contribution in [2.24, 2.45) is 0 Å². The second-order valence-electron chi connectivity index (χ2n) is 5.14. The Kier molecular flexibility index (Phi) is 4.42. The molecule has 0 saturated heterocycles. The van der Waals surface area contributed by atoms with Crippen LogP contribution >= 0.6 is 0 Å². The molecule has 1 aliphatic rings. The Bertz CT molecular complexity index is 802. The van der Waals surface area contributed by atoms with Crippen molar-refractivity contribution in [3.63, 3.8) is 0 Å². The number of hydrogen-bond donors (Lipinski definition) is 1. The van der Waals surface area contributed by atoms with Crippen LogP contribution < -0.4 is 5.48 Å². The minimum absolute atomic E-state index is 0.0512. The summed E-state index contributed by atoms with van der Waals surface area (Å²) in [4.78, 5) is 9.29. The van der Waals surface area contributed by atoms with E-state index in [0.29, 0.717) is 0 Å². The van der Waals surface area contributed by atoms with Gasteiger partial charge in [-0.25, -0.2) is 0 Å². The fourth-order valence-corrected chi connectivity index (χ4v) is 2.59. The van der Waals surface area contributed by atoms with Gasteiger partial charge in [0.2, 0.25) is 0 Å². The summed E-state index contributed by atoms with van der Waals surface area (Å²) in [6.45, 7) is -0.0512. The molecule has 0 radical (unpaired) electrons. The van der Waals surface area contributed by atoms with Crippen LogP contribution in [-0.4, -0.2) is 32.4 Å². The first-order valence-corrected chi connectivity index (χ1v) is 8.82. The Hall–Kier alpha value is -2.22. The van der Waals surface area contributed by atoms with Crippen LogP contribution in [0.25, 0.3) is 16.8 Å². The molecule has 0 spiro atoms. The van der Waals surface area contributed by atoms with Gasteiger partial charge in [-0.2, -0.15) is 8.42 Å². The van der Waals surface area contributed by atoms with E-state index in [0.717, 1.165) is 28.6 Å². The van der Waals surface area contributed by atoms with Crippen molar-refractivity contribution in [2.45, 2.75) is 6.10 Å². The molecule has 2 aromatic rings. The van der Waals surface area contributed by atoms with E-state index in [1.54, 1.807) is 18.5 Å². The van der Waals surface area contributed by atoms with Gasteiger partial charge in [-0.15, -0.1) is 0 Å². The van der Waals surface area contributed by atoms with E-state index >= 15 is 0 Å². The molecule has 1 unspecified atom stereocenters. The molecule has 3 rings (SSSR count). The van der Waals surface area contributed by atoms with Gasteiger partial charge in [0.05, 0.1) is 18.6 Å². The Balaban J connectivity index is 1.70. The van der Waals surface area contributed by atoms with E-state index in [4.69, 9.17) is 9.02 Å². The van der Waals surface area contributed by atoms with Crippen LogP contribution in [0.1, 0.15) is 5.56 Å². The summed E-state index contributed by atoms with van der Waals surface area (Å²) in [6, 6.07) is 11.9. The second-order valence-corrected chi connectivity index (χ2v) is 6.78. The largest absolute Gasteiger partial charge is 0.267 e. The quantitative estimate of drug-likeness (QED) is 0.844. The maximum atomic E-state index is 11.0. The molecule has 0 bridgehead atoms. The highest BCUT2D eigenvalue weighted by Crippen LogP contribution is 2.23. The van der Waals surface area contributed by atoms with Crippen LogP contribution in [-0.2, 0) is 19.1 Å². The number of pyridine rings is 1. The van der Waals surface area contributed by atoms with Crippen molar-refractivity contribution in [3.8, 4) is 11.1 Å². The predicted octanol–water partition coefficient (Wildman–Crippen LogP) is 1.97. The normalized spacial score (nSPS) is 17.6. The number of benzene rings is 1. The van der Waals surface area contributed by atoms with Gasteiger partial charge in [0.15, 0.2) is 0 Å². The number of nitrogens with zero attached hydrogens (tertiary/aromatic N) is 1. The lowest BCUT2D eigenvalue weighted by molar-refractivity contribution is 0.0252.